The molecular weight excluding hydrogens is 352 g/mol. The maximum absolute atomic E-state index is 6.55. The molecule has 29 heavy (non-hydrogen) atoms. The summed E-state index contributed by atoms with van der Waals surface area (Å²) >= 11 is 0. The summed E-state index contributed by atoms with van der Waals surface area (Å²) < 4.78 is 6.55. The molecule has 0 fully saturated rings. The van der Waals surface area contributed by atoms with Gasteiger partial charge in [0.05, 0.1) is 12.2 Å². The summed E-state index contributed by atoms with van der Waals surface area (Å²) in [5.41, 5.74) is 8.77. The Bertz CT molecular complexity index is 642. The SMILES string of the molecule is CCC(CCCc1c(C)cccc1C)OC(CC)CCCc1c(C)cccc1C. The van der Waals surface area contributed by atoms with E-state index in [2.05, 4.69) is 77.9 Å². The van der Waals surface area contributed by atoms with E-state index in [-0.39, 0.29) is 0 Å². The summed E-state index contributed by atoms with van der Waals surface area (Å²) in [6.45, 7) is 13.5. The lowest BCUT2D eigenvalue weighted by atomic mass is 9.96. The number of benzene rings is 2. The zero-order valence-corrected chi connectivity index (χ0v) is 19.7. The second-order valence-electron chi connectivity index (χ2n) is 8.72. The third-order valence-electron chi connectivity index (χ3n) is 6.49. The highest BCUT2D eigenvalue weighted by Crippen LogP contribution is 2.22. The standard InChI is InChI=1S/C28H42O/c1-7-25(17-11-19-27-21(3)13-9-14-22(27)4)29-26(8-2)18-12-20-28-23(5)15-10-16-24(28)6/h9-10,13-16,25-26H,7-8,11-12,17-20H2,1-6H3. The molecule has 0 saturated heterocycles. The van der Waals surface area contributed by atoms with Crippen LogP contribution < -0.4 is 0 Å². The molecule has 0 N–H and O–H groups in total. The Labute approximate surface area is 179 Å². The van der Waals surface area contributed by atoms with Crippen LogP contribution in [0, 0.1) is 27.7 Å². The Morgan fingerprint density at radius 3 is 1.28 bits per heavy atom. The first-order valence-electron chi connectivity index (χ1n) is 11.7. The second kappa shape index (κ2) is 12.2. The van der Waals surface area contributed by atoms with Crippen LogP contribution in [0.3, 0.4) is 0 Å². The van der Waals surface area contributed by atoms with Gasteiger partial charge in [-0.3, -0.25) is 0 Å². The fraction of sp³-hybridized carbons (Fsp3) is 0.571. The molecule has 0 aromatic heterocycles. The molecule has 1 nitrogen and oxygen atoms in total. The fourth-order valence-electron chi connectivity index (χ4n) is 4.51. The van der Waals surface area contributed by atoms with Crippen molar-refractivity contribution in [2.24, 2.45) is 0 Å². The van der Waals surface area contributed by atoms with E-state index in [1.807, 2.05) is 0 Å². The van der Waals surface area contributed by atoms with Crippen LogP contribution in [0.2, 0.25) is 0 Å². The zero-order valence-electron chi connectivity index (χ0n) is 19.7. The summed E-state index contributed by atoms with van der Waals surface area (Å²) in [6, 6.07) is 13.3. The predicted octanol–water partition coefficient (Wildman–Crippen LogP) is 7.84. The molecule has 0 saturated carbocycles. The van der Waals surface area contributed by atoms with E-state index >= 15 is 0 Å². The van der Waals surface area contributed by atoms with Crippen LogP contribution in [-0.2, 0) is 17.6 Å². The quantitative estimate of drug-likeness (QED) is 0.356. The molecule has 0 spiro atoms. The Hall–Kier alpha value is -1.60. The maximum Gasteiger partial charge on any atom is 0.0576 e. The highest BCUT2D eigenvalue weighted by Gasteiger charge is 2.15. The van der Waals surface area contributed by atoms with Crippen molar-refractivity contribution in [2.75, 3.05) is 0 Å². The Kier molecular flexibility index (Phi) is 9.94. The minimum absolute atomic E-state index is 0.393. The second-order valence-corrected chi connectivity index (χ2v) is 8.72. The number of hydrogen-bond acceptors (Lipinski definition) is 1. The van der Waals surface area contributed by atoms with Gasteiger partial charge in [-0.2, -0.15) is 0 Å². The molecule has 0 bridgehead atoms. The largest absolute Gasteiger partial charge is 0.375 e. The average molecular weight is 395 g/mol. The molecule has 0 amide bonds. The average Bonchev–Trinajstić information content (AvgIpc) is 2.70. The third kappa shape index (κ3) is 7.30. The van der Waals surface area contributed by atoms with E-state index in [1.54, 1.807) is 0 Å². The van der Waals surface area contributed by atoms with Crippen LogP contribution in [-0.4, -0.2) is 12.2 Å². The van der Waals surface area contributed by atoms with Crippen LogP contribution in [0.4, 0.5) is 0 Å². The number of aryl methyl sites for hydroxylation is 4. The smallest absolute Gasteiger partial charge is 0.0576 e. The molecule has 2 rings (SSSR count). The van der Waals surface area contributed by atoms with Crippen molar-refractivity contribution in [2.45, 2.75) is 105 Å². The van der Waals surface area contributed by atoms with Crippen LogP contribution in [0.15, 0.2) is 36.4 Å². The molecule has 160 valence electrons. The molecule has 2 aromatic rings. The molecule has 1 heteroatoms. The lowest BCUT2D eigenvalue weighted by Gasteiger charge is -2.24. The summed E-state index contributed by atoms with van der Waals surface area (Å²) in [5, 5.41) is 0. The maximum atomic E-state index is 6.55. The highest BCUT2D eigenvalue weighted by molar-refractivity contribution is 5.34. The molecule has 2 unspecified atom stereocenters. The summed E-state index contributed by atoms with van der Waals surface area (Å²) in [5.74, 6) is 0. The van der Waals surface area contributed by atoms with Gasteiger partial charge in [0.1, 0.15) is 0 Å². The van der Waals surface area contributed by atoms with Crippen LogP contribution in [0.5, 0.6) is 0 Å². The predicted molar refractivity (Wildman–Crippen MR) is 127 cm³/mol. The molecular formula is C28H42O. The minimum Gasteiger partial charge on any atom is -0.375 e. The van der Waals surface area contributed by atoms with E-state index in [9.17, 15) is 0 Å². The molecule has 0 radical (unpaired) electrons. The fourth-order valence-corrected chi connectivity index (χ4v) is 4.51. The van der Waals surface area contributed by atoms with Crippen molar-refractivity contribution < 1.29 is 4.74 Å². The van der Waals surface area contributed by atoms with Crippen LogP contribution >= 0.6 is 0 Å². The van der Waals surface area contributed by atoms with Gasteiger partial charge in [0.25, 0.3) is 0 Å². The molecule has 0 aliphatic heterocycles. The van der Waals surface area contributed by atoms with Crippen molar-refractivity contribution in [3.05, 3.63) is 69.8 Å². The topological polar surface area (TPSA) is 9.23 Å². The first kappa shape index (κ1) is 23.7. The van der Waals surface area contributed by atoms with Gasteiger partial charge >= 0.3 is 0 Å². The Morgan fingerprint density at radius 2 is 0.966 bits per heavy atom. The van der Waals surface area contributed by atoms with Crippen molar-refractivity contribution in [3.8, 4) is 0 Å². The first-order chi connectivity index (χ1) is 14.0. The van der Waals surface area contributed by atoms with Gasteiger partial charge in [0.15, 0.2) is 0 Å². The van der Waals surface area contributed by atoms with E-state index in [4.69, 9.17) is 4.74 Å². The first-order valence-corrected chi connectivity index (χ1v) is 11.7. The summed E-state index contributed by atoms with van der Waals surface area (Å²) in [7, 11) is 0. The van der Waals surface area contributed by atoms with Gasteiger partial charge in [-0.15, -0.1) is 0 Å². The number of ether oxygens (including phenoxy) is 1. The third-order valence-corrected chi connectivity index (χ3v) is 6.49. The van der Waals surface area contributed by atoms with E-state index < -0.39 is 0 Å². The summed E-state index contributed by atoms with van der Waals surface area (Å²) in [4.78, 5) is 0. The van der Waals surface area contributed by atoms with Crippen molar-refractivity contribution in [1.82, 2.24) is 0 Å². The van der Waals surface area contributed by atoms with Gasteiger partial charge in [-0.25, -0.2) is 0 Å². The van der Waals surface area contributed by atoms with Crippen molar-refractivity contribution in [3.63, 3.8) is 0 Å². The Morgan fingerprint density at radius 1 is 0.621 bits per heavy atom. The molecule has 0 aliphatic carbocycles. The Balaban J connectivity index is 1.80. The van der Waals surface area contributed by atoms with E-state index in [0.717, 1.165) is 25.7 Å². The van der Waals surface area contributed by atoms with Gasteiger partial charge < -0.3 is 4.74 Å². The minimum atomic E-state index is 0.393. The van der Waals surface area contributed by atoms with E-state index in [0.29, 0.717) is 12.2 Å². The lowest BCUT2D eigenvalue weighted by molar-refractivity contribution is -0.0251. The van der Waals surface area contributed by atoms with Gasteiger partial charge in [-0.1, -0.05) is 50.2 Å². The van der Waals surface area contributed by atoms with Crippen molar-refractivity contribution in [1.29, 1.82) is 0 Å². The van der Waals surface area contributed by atoms with Gasteiger partial charge in [-0.05, 0) is 112 Å². The normalized spacial score (nSPS) is 13.4. The van der Waals surface area contributed by atoms with Crippen LogP contribution in [0.1, 0.15) is 85.8 Å². The molecule has 0 aliphatic rings. The highest BCUT2D eigenvalue weighted by atomic mass is 16.5. The molecule has 0 heterocycles. The zero-order chi connectivity index (χ0) is 21.2. The molecule has 2 aromatic carbocycles. The number of rotatable bonds is 12. The monoisotopic (exact) mass is 394 g/mol. The lowest BCUT2D eigenvalue weighted by Crippen LogP contribution is -2.22. The van der Waals surface area contributed by atoms with Crippen molar-refractivity contribution >= 4 is 0 Å². The summed E-state index contributed by atoms with van der Waals surface area (Å²) in [6.07, 6.45) is 10.1. The van der Waals surface area contributed by atoms with E-state index in [1.165, 1.54) is 59.1 Å². The van der Waals surface area contributed by atoms with Gasteiger partial charge in [0, 0.05) is 0 Å². The number of hydrogen-bond donors (Lipinski definition) is 0. The van der Waals surface area contributed by atoms with Gasteiger partial charge in [0.2, 0.25) is 0 Å². The van der Waals surface area contributed by atoms with Crippen LogP contribution in [0.25, 0.3) is 0 Å². The molecule has 2 atom stereocenters.